The van der Waals surface area contributed by atoms with Crippen LogP contribution >= 0.6 is 0 Å². The quantitative estimate of drug-likeness (QED) is 0.459. The van der Waals surface area contributed by atoms with Crippen molar-refractivity contribution in [2.24, 2.45) is 0 Å². The maximum atomic E-state index is 11.9. The number of likely N-dealkylation sites (tertiary alicyclic amines) is 1. The van der Waals surface area contributed by atoms with E-state index in [1.807, 2.05) is 30.3 Å². The van der Waals surface area contributed by atoms with E-state index in [9.17, 15) is 14.4 Å². The molecule has 1 saturated heterocycles. The molecule has 0 spiro atoms. The van der Waals surface area contributed by atoms with Gasteiger partial charge in [-0.15, -0.1) is 0 Å². The summed E-state index contributed by atoms with van der Waals surface area (Å²) in [7, 11) is 0. The van der Waals surface area contributed by atoms with Gasteiger partial charge in [-0.05, 0) is 18.4 Å². The predicted octanol–water partition coefficient (Wildman–Crippen LogP) is 0.920. The van der Waals surface area contributed by atoms with Gasteiger partial charge in [0.2, 0.25) is 6.29 Å². The fourth-order valence-corrected chi connectivity index (χ4v) is 2.17. The third-order valence-corrected chi connectivity index (χ3v) is 3.13. The van der Waals surface area contributed by atoms with Crippen molar-refractivity contribution in [3.05, 3.63) is 35.9 Å². The molecule has 1 aliphatic rings. The number of amides is 1. The zero-order chi connectivity index (χ0) is 13.7. The second-order valence-electron chi connectivity index (χ2n) is 4.40. The summed E-state index contributed by atoms with van der Waals surface area (Å²) in [6, 6.07) is 8.70. The van der Waals surface area contributed by atoms with Gasteiger partial charge in [0.05, 0.1) is 0 Å². The van der Waals surface area contributed by atoms with Gasteiger partial charge in [0.25, 0.3) is 5.91 Å². The van der Waals surface area contributed by atoms with E-state index < -0.39 is 17.9 Å². The van der Waals surface area contributed by atoms with Crippen LogP contribution in [0.15, 0.2) is 30.3 Å². The smallest absolute Gasteiger partial charge is 0.329 e. The first-order valence-electron chi connectivity index (χ1n) is 6.18. The molecule has 19 heavy (non-hydrogen) atoms. The van der Waals surface area contributed by atoms with Gasteiger partial charge in [-0.3, -0.25) is 9.59 Å². The van der Waals surface area contributed by atoms with Crippen LogP contribution in [-0.4, -0.2) is 35.6 Å². The van der Waals surface area contributed by atoms with Crippen LogP contribution in [0.5, 0.6) is 0 Å². The number of carbonyl (C=O) groups is 3. The Balaban J connectivity index is 1.92. The average Bonchev–Trinajstić information content (AvgIpc) is 2.94. The Morgan fingerprint density at radius 3 is 2.74 bits per heavy atom. The topological polar surface area (TPSA) is 63.7 Å². The van der Waals surface area contributed by atoms with Gasteiger partial charge in [0, 0.05) is 6.54 Å². The van der Waals surface area contributed by atoms with Crippen LogP contribution in [0.25, 0.3) is 0 Å². The second-order valence-corrected chi connectivity index (χ2v) is 4.40. The van der Waals surface area contributed by atoms with Crippen LogP contribution in [0.4, 0.5) is 0 Å². The number of hydrogen-bond acceptors (Lipinski definition) is 4. The van der Waals surface area contributed by atoms with Crippen molar-refractivity contribution in [1.29, 1.82) is 0 Å². The predicted molar refractivity (Wildman–Crippen MR) is 67.0 cm³/mol. The van der Waals surface area contributed by atoms with Crippen molar-refractivity contribution >= 4 is 18.2 Å². The summed E-state index contributed by atoms with van der Waals surface area (Å²) in [6.07, 6.45) is 1.50. The number of ether oxygens (including phenoxy) is 1. The molecule has 2 rings (SSSR count). The van der Waals surface area contributed by atoms with Crippen LogP contribution in [0.1, 0.15) is 18.4 Å². The van der Waals surface area contributed by atoms with E-state index in [1.165, 1.54) is 4.90 Å². The van der Waals surface area contributed by atoms with Crippen molar-refractivity contribution in [1.82, 2.24) is 4.90 Å². The minimum atomic E-state index is -0.654. The van der Waals surface area contributed by atoms with E-state index in [1.54, 1.807) is 0 Å². The summed E-state index contributed by atoms with van der Waals surface area (Å²) in [6.45, 7) is 0.613. The summed E-state index contributed by atoms with van der Waals surface area (Å²) in [5.74, 6) is -1.10. The third kappa shape index (κ3) is 3.19. The molecule has 0 radical (unpaired) electrons. The van der Waals surface area contributed by atoms with Crippen LogP contribution in [0.2, 0.25) is 0 Å². The van der Waals surface area contributed by atoms with Gasteiger partial charge in [-0.2, -0.15) is 0 Å². The molecule has 0 saturated carbocycles. The van der Waals surface area contributed by atoms with Gasteiger partial charge in [-0.25, -0.2) is 4.79 Å². The lowest BCUT2D eigenvalue weighted by atomic mass is 10.2. The zero-order valence-corrected chi connectivity index (χ0v) is 10.5. The Bertz CT molecular complexity index is 472. The molecule has 1 aliphatic heterocycles. The molecule has 0 bridgehead atoms. The minimum Gasteiger partial charge on any atom is -0.459 e. The highest BCUT2D eigenvalue weighted by Crippen LogP contribution is 2.18. The average molecular weight is 261 g/mol. The first kappa shape index (κ1) is 13.3. The van der Waals surface area contributed by atoms with E-state index >= 15 is 0 Å². The molecule has 0 unspecified atom stereocenters. The zero-order valence-electron chi connectivity index (χ0n) is 10.5. The molecule has 0 aromatic heterocycles. The number of nitrogens with zero attached hydrogens (tertiary/aromatic N) is 1. The van der Waals surface area contributed by atoms with Crippen molar-refractivity contribution in [3.8, 4) is 0 Å². The first-order valence-corrected chi connectivity index (χ1v) is 6.18. The molecule has 100 valence electrons. The standard InChI is InChI=1S/C14H15NO4/c16-9-13(17)15-8-4-7-12(15)14(18)19-10-11-5-2-1-3-6-11/h1-3,5-6,9,12H,4,7-8,10H2/t12-/m0/s1. The molecule has 0 aliphatic carbocycles. The molecule has 5 heteroatoms. The number of carbonyl (C=O) groups excluding carboxylic acids is 3. The van der Waals surface area contributed by atoms with Gasteiger partial charge < -0.3 is 9.64 Å². The molecule has 1 amide bonds. The Kier molecular flexibility index (Phi) is 4.28. The maximum Gasteiger partial charge on any atom is 0.329 e. The van der Waals surface area contributed by atoms with E-state index in [0.717, 1.165) is 5.56 Å². The highest BCUT2D eigenvalue weighted by molar-refractivity contribution is 6.24. The Hall–Kier alpha value is -2.17. The van der Waals surface area contributed by atoms with E-state index in [4.69, 9.17) is 4.74 Å². The lowest BCUT2D eigenvalue weighted by molar-refractivity contribution is -0.155. The number of benzene rings is 1. The fourth-order valence-electron chi connectivity index (χ4n) is 2.17. The van der Waals surface area contributed by atoms with E-state index in [2.05, 4.69) is 0 Å². The van der Waals surface area contributed by atoms with Crippen LogP contribution in [0.3, 0.4) is 0 Å². The minimum absolute atomic E-state index is 0.180. The first-order chi connectivity index (χ1) is 9.22. The van der Waals surface area contributed by atoms with Gasteiger partial charge >= 0.3 is 5.97 Å². The largest absolute Gasteiger partial charge is 0.459 e. The maximum absolute atomic E-state index is 11.9. The molecule has 1 heterocycles. The highest BCUT2D eigenvalue weighted by atomic mass is 16.5. The SMILES string of the molecule is O=CC(=O)N1CCC[C@H]1C(=O)OCc1ccccc1. The van der Waals surface area contributed by atoms with Gasteiger partial charge in [0.1, 0.15) is 12.6 Å². The lowest BCUT2D eigenvalue weighted by Gasteiger charge is -2.20. The molecular weight excluding hydrogens is 246 g/mol. The molecule has 1 atom stereocenters. The van der Waals surface area contributed by atoms with Gasteiger partial charge in [-0.1, -0.05) is 30.3 Å². The Morgan fingerprint density at radius 1 is 1.32 bits per heavy atom. The molecule has 1 aromatic rings. The summed E-state index contributed by atoms with van der Waals surface area (Å²) in [5.41, 5.74) is 0.891. The second kappa shape index (κ2) is 6.13. The summed E-state index contributed by atoms with van der Waals surface area (Å²) >= 11 is 0. The Labute approximate surface area is 111 Å². The van der Waals surface area contributed by atoms with Crippen LogP contribution in [0, 0.1) is 0 Å². The van der Waals surface area contributed by atoms with Crippen molar-refractivity contribution in [2.75, 3.05) is 6.54 Å². The molecule has 1 aromatic carbocycles. The highest BCUT2D eigenvalue weighted by Gasteiger charge is 2.34. The monoisotopic (exact) mass is 261 g/mol. The fraction of sp³-hybridized carbons (Fsp3) is 0.357. The number of hydrogen-bond donors (Lipinski definition) is 0. The number of aldehydes is 1. The number of esters is 1. The Morgan fingerprint density at radius 2 is 2.05 bits per heavy atom. The molecular formula is C14H15NO4. The van der Waals surface area contributed by atoms with Crippen LogP contribution < -0.4 is 0 Å². The van der Waals surface area contributed by atoms with E-state index in [0.29, 0.717) is 19.4 Å². The lowest BCUT2D eigenvalue weighted by Crippen LogP contribution is -2.41. The normalized spacial score (nSPS) is 18.1. The summed E-state index contributed by atoms with van der Waals surface area (Å²) < 4.78 is 5.19. The van der Waals surface area contributed by atoms with Crippen LogP contribution in [-0.2, 0) is 25.7 Å². The molecule has 1 fully saturated rings. The summed E-state index contributed by atoms with van der Waals surface area (Å²) in [5, 5.41) is 0. The van der Waals surface area contributed by atoms with Gasteiger partial charge in [0.15, 0.2) is 0 Å². The van der Waals surface area contributed by atoms with Crippen molar-refractivity contribution < 1.29 is 19.1 Å². The van der Waals surface area contributed by atoms with E-state index in [-0.39, 0.29) is 12.9 Å². The molecule has 5 nitrogen and oxygen atoms in total. The number of rotatable bonds is 4. The van der Waals surface area contributed by atoms with Crippen molar-refractivity contribution in [3.63, 3.8) is 0 Å². The summed E-state index contributed by atoms with van der Waals surface area (Å²) in [4.78, 5) is 35.0. The third-order valence-electron chi connectivity index (χ3n) is 3.13. The molecule has 0 N–H and O–H groups in total. The van der Waals surface area contributed by atoms with Crippen molar-refractivity contribution in [2.45, 2.75) is 25.5 Å².